The lowest BCUT2D eigenvalue weighted by atomic mass is 9.97. The maximum absolute atomic E-state index is 6.20. The summed E-state index contributed by atoms with van der Waals surface area (Å²) < 4.78 is 6.20. The zero-order chi connectivity index (χ0) is 34.4. The summed E-state index contributed by atoms with van der Waals surface area (Å²) >= 11 is 0. The number of nitrogens with zero attached hydrogens (tertiary/aromatic N) is 1. The van der Waals surface area contributed by atoms with Crippen molar-refractivity contribution < 1.29 is 4.42 Å². The molecule has 0 fully saturated rings. The number of hydrogen-bond acceptors (Lipinski definition) is 2. The van der Waals surface area contributed by atoms with Crippen molar-refractivity contribution in [2.45, 2.75) is 0 Å². The van der Waals surface area contributed by atoms with Crippen LogP contribution in [0.1, 0.15) is 0 Å². The van der Waals surface area contributed by atoms with Crippen LogP contribution in [0.3, 0.4) is 0 Å². The van der Waals surface area contributed by atoms with Gasteiger partial charge in [-0.2, -0.15) is 0 Å². The number of para-hydroxylation sites is 1. The minimum Gasteiger partial charge on any atom is -0.456 e. The van der Waals surface area contributed by atoms with Gasteiger partial charge in [-0.05, 0) is 104 Å². The lowest BCUT2D eigenvalue weighted by Crippen LogP contribution is -2.10. The molecular weight excluding hydrogens is 631 g/mol. The predicted molar refractivity (Wildman–Crippen MR) is 220 cm³/mol. The van der Waals surface area contributed by atoms with Gasteiger partial charge in [0.25, 0.3) is 0 Å². The summed E-state index contributed by atoms with van der Waals surface area (Å²) in [6.07, 6.45) is 0. The molecule has 10 aromatic rings. The quantitative estimate of drug-likeness (QED) is 0.165. The molecule has 0 N–H and O–H groups in total. The molecule has 0 aliphatic carbocycles. The average Bonchev–Trinajstić information content (AvgIpc) is 3.66. The highest BCUT2D eigenvalue weighted by Gasteiger charge is 2.18. The first kappa shape index (κ1) is 30.0. The molecule has 1 heterocycles. The van der Waals surface area contributed by atoms with Crippen LogP contribution in [0, 0.1) is 0 Å². The van der Waals surface area contributed by atoms with Gasteiger partial charge in [0, 0.05) is 27.7 Å². The Morgan fingerprint density at radius 3 is 1.75 bits per heavy atom. The second-order valence-electron chi connectivity index (χ2n) is 13.4. The van der Waals surface area contributed by atoms with Crippen LogP contribution in [0.4, 0.5) is 17.1 Å². The summed E-state index contributed by atoms with van der Waals surface area (Å²) in [4.78, 5) is 2.41. The molecule has 0 unspecified atom stereocenters. The third kappa shape index (κ3) is 5.30. The van der Waals surface area contributed by atoms with Crippen molar-refractivity contribution in [3.63, 3.8) is 0 Å². The number of benzene rings is 9. The monoisotopic (exact) mass is 663 g/mol. The van der Waals surface area contributed by atoms with Gasteiger partial charge in [0.15, 0.2) is 0 Å². The minimum absolute atomic E-state index is 0.881. The van der Waals surface area contributed by atoms with E-state index >= 15 is 0 Å². The summed E-state index contributed by atoms with van der Waals surface area (Å²) in [6, 6.07) is 71.8. The van der Waals surface area contributed by atoms with E-state index in [-0.39, 0.29) is 0 Å². The molecule has 52 heavy (non-hydrogen) atoms. The Balaban J connectivity index is 1.08. The summed E-state index contributed by atoms with van der Waals surface area (Å²) in [6.45, 7) is 0. The maximum Gasteiger partial charge on any atom is 0.135 e. The summed E-state index contributed by atoms with van der Waals surface area (Å²) in [7, 11) is 0. The first-order valence-electron chi connectivity index (χ1n) is 17.7. The standard InChI is InChI=1S/C50H33NO/c1-2-11-34(12-3-1)35-23-26-43(27-24-35)51(48-32-40-13-4-6-17-45(40)46-18-7-8-19-47(46)48)44-28-25-38-29-37(21-22-39(38)31-44)36-15-10-16-41(30-36)50-33-42-14-5-9-20-49(42)52-50/h1-33H. The number of anilines is 3. The van der Waals surface area contributed by atoms with Crippen LogP contribution in [0.2, 0.25) is 0 Å². The summed E-state index contributed by atoms with van der Waals surface area (Å²) in [5, 5.41) is 8.44. The van der Waals surface area contributed by atoms with Gasteiger partial charge in [-0.1, -0.05) is 146 Å². The van der Waals surface area contributed by atoms with E-state index in [1.807, 2.05) is 18.2 Å². The number of hydrogen-bond donors (Lipinski definition) is 0. The molecule has 10 rings (SSSR count). The van der Waals surface area contributed by atoms with E-state index in [1.54, 1.807) is 0 Å². The molecule has 9 aromatic carbocycles. The van der Waals surface area contributed by atoms with E-state index in [0.717, 1.165) is 44.9 Å². The summed E-state index contributed by atoms with van der Waals surface area (Å²) in [5.74, 6) is 0.881. The van der Waals surface area contributed by atoms with Gasteiger partial charge in [-0.3, -0.25) is 0 Å². The van der Waals surface area contributed by atoms with Gasteiger partial charge in [-0.25, -0.2) is 0 Å². The second kappa shape index (κ2) is 12.5. The van der Waals surface area contributed by atoms with Crippen LogP contribution >= 0.6 is 0 Å². The van der Waals surface area contributed by atoms with Gasteiger partial charge in [0.05, 0.1) is 5.69 Å². The van der Waals surface area contributed by atoms with Crippen molar-refractivity contribution in [3.05, 3.63) is 200 Å². The first-order valence-corrected chi connectivity index (χ1v) is 17.7. The highest BCUT2D eigenvalue weighted by molar-refractivity contribution is 6.14. The predicted octanol–water partition coefficient (Wildman–Crippen LogP) is 14.4. The largest absolute Gasteiger partial charge is 0.456 e. The van der Waals surface area contributed by atoms with Gasteiger partial charge >= 0.3 is 0 Å². The van der Waals surface area contributed by atoms with E-state index in [9.17, 15) is 0 Å². The smallest absolute Gasteiger partial charge is 0.135 e. The molecule has 244 valence electrons. The van der Waals surface area contributed by atoms with Crippen molar-refractivity contribution in [1.82, 2.24) is 0 Å². The molecular formula is C50H33NO. The van der Waals surface area contributed by atoms with Crippen LogP contribution in [-0.2, 0) is 0 Å². The number of rotatable bonds is 6. The van der Waals surface area contributed by atoms with Gasteiger partial charge in [0.1, 0.15) is 11.3 Å². The third-order valence-electron chi connectivity index (χ3n) is 10.2. The van der Waals surface area contributed by atoms with Crippen molar-refractivity contribution in [2.24, 2.45) is 0 Å². The van der Waals surface area contributed by atoms with Gasteiger partial charge in [-0.15, -0.1) is 0 Å². The Morgan fingerprint density at radius 2 is 0.904 bits per heavy atom. The SMILES string of the molecule is c1ccc(-c2ccc(N(c3ccc4cc(-c5cccc(-c6cc7ccccc7o6)c5)ccc4c3)c3cc4ccccc4c4ccccc34)cc2)cc1. The van der Waals surface area contributed by atoms with E-state index in [2.05, 4.69) is 187 Å². The molecule has 0 atom stereocenters. The van der Waals surface area contributed by atoms with Crippen LogP contribution in [-0.4, -0.2) is 0 Å². The minimum atomic E-state index is 0.881. The lowest BCUT2D eigenvalue weighted by Gasteiger charge is -2.28. The van der Waals surface area contributed by atoms with E-state index in [0.29, 0.717) is 0 Å². The van der Waals surface area contributed by atoms with E-state index < -0.39 is 0 Å². The molecule has 0 amide bonds. The highest BCUT2D eigenvalue weighted by atomic mass is 16.3. The fourth-order valence-corrected chi connectivity index (χ4v) is 7.61. The van der Waals surface area contributed by atoms with Crippen molar-refractivity contribution in [3.8, 4) is 33.6 Å². The number of fused-ring (bicyclic) bond motifs is 5. The molecule has 0 radical (unpaired) electrons. The van der Waals surface area contributed by atoms with Crippen LogP contribution in [0.15, 0.2) is 205 Å². The van der Waals surface area contributed by atoms with E-state index in [1.165, 1.54) is 49.0 Å². The maximum atomic E-state index is 6.20. The first-order chi connectivity index (χ1) is 25.7. The Hall–Kier alpha value is -6.90. The zero-order valence-corrected chi connectivity index (χ0v) is 28.4. The molecule has 0 aliphatic rings. The fourth-order valence-electron chi connectivity index (χ4n) is 7.61. The van der Waals surface area contributed by atoms with E-state index in [4.69, 9.17) is 4.42 Å². The normalized spacial score (nSPS) is 11.5. The molecule has 0 bridgehead atoms. The fraction of sp³-hybridized carbons (Fsp3) is 0. The van der Waals surface area contributed by atoms with Gasteiger partial charge in [0.2, 0.25) is 0 Å². The van der Waals surface area contributed by atoms with Crippen LogP contribution in [0.25, 0.3) is 76.9 Å². The Morgan fingerprint density at radius 1 is 0.308 bits per heavy atom. The molecule has 0 spiro atoms. The van der Waals surface area contributed by atoms with Gasteiger partial charge < -0.3 is 9.32 Å². The molecule has 0 saturated heterocycles. The lowest BCUT2D eigenvalue weighted by molar-refractivity contribution is 0.631. The van der Waals surface area contributed by atoms with Crippen LogP contribution in [0.5, 0.6) is 0 Å². The molecule has 2 nitrogen and oxygen atoms in total. The Labute approximate surface area is 302 Å². The van der Waals surface area contributed by atoms with Crippen LogP contribution < -0.4 is 4.90 Å². The average molecular weight is 664 g/mol. The topological polar surface area (TPSA) is 16.4 Å². The zero-order valence-electron chi connectivity index (χ0n) is 28.4. The third-order valence-corrected chi connectivity index (χ3v) is 10.2. The van der Waals surface area contributed by atoms with Crippen molar-refractivity contribution in [2.75, 3.05) is 4.90 Å². The highest BCUT2D eigenvalue weighted by Crippen LogP contribution is 2.43. The van der Waals surface area contributed by atoms with Crippen molar-refractivity contribution >= 4 is 60.3 Å². The molecule has 2 heteroatoms. The molecule has 1 aromatic heterocycles. The Bertz CT molecular complexity index is 2870. The molecule has 0 saturated carbocycles. The molecule has 0 aliphatic heterocycles. The second-order valence-corrected chi connectivity index (χ2v) is 13.4. The number of furan rings is 1. The Kier molecular flexibility index (Phi) is 7.18. The van der Waals surface area contributed by atoms with Crippen molar-refractivity contribution in [1.29, 1.82) is 0 Å². The summed E-state index contributed by atoms with van der Waals surface area (Å²) in [5.41, 5.74) is 10.1.